The maximum Gasteiger partial charge on any atom is 0.335 e. The summed E-state index contributed by atoms with van der Waals surface area (Å²) in [6.45, 7) is 1.50. The van der Waals surface area contributed by atoms with Crippen molar-refractivity contribution >= 4 is 22.6 Å². The fourth-order valence-electron chi connectivity index (χ4n) is 5.88. The molecule has 2 aromatic carbocycles. The van der Waals surface area contributed by atoms with E-state index in [-0.39, 0.29) is 23.3 Å². The van der Waals surface area contributed by atoms with Gasteiger partial charge in [0.15, 0.2) is 0 Å². The molecule has 7 heteroatoms. The van der Waals surface area contributed by atoms with Gasteiger partial charge < -0.3 is 19.9 Å². The maximum atomic E-state index is 15.4. The van der Waals surface area contributed by atoms with E-state index in [4.69, 9.17) is 0 Å². The van der Waals surface area contributed by atoms with Gasteiger partial charge in [0.25, 0.3) is 0 Å². The van der Waals surface area contributed by atoms with Crippen LogP contribution in [-0.2, 0) is 6.54 Å². The molecule has 0 spiro atoms. The second-order valence-electron chi connectivity index (χ2n) is 10.2. The Morgan fingerprint density at radius 3 is 2.71 bits per heavy atom. The Bertz CT molecular complexity index is 1250. The molecule has 3 atom stereocenters. The standard InChI is InChI=1S/C28H33F2N3O2/c1-32(2)14-12-18-13-15-33-24-16-17(28(34)35)10-11-20(24)25(19-6-3-4-8-22(19)29)27(33)21-7-5-9-23(30)26(21)31-18/h5,7,9-11,16,18-19,22,31H,3-4,6,8,12-15H2,1-2H3,(H,34,35)/t18?,19?,22-/m0/s1. The third-order valence-electron chi connectivity index (χ3n) is 7.65. The van der Waals surface area contributed by atoms with Crippen molar-refractivity contribution in [2.75, 3.05) is 26.0 Å². The van der Waals surface area contributed by atoms with Gasteiger partial charge in [-0.1, -0.05) is 31.0 Å². The monoisotopic (exact) mass is 481 g/mol. The summed E-state index contributed by atoms with van der Waals surface area (Å²) >= 11 is 0. The van der Waals surface area contributed by atoms with Crippen LogP contribution in [0.4, 0.5) is 14.5 Å². The Morgan fingerprint density at radius 1 is 1.17 bits per heavy atom. The number of hydrogen-bond acceptors (Lipinski definition) is 3. The van der Waals surface area contributed by atoms with E-state index in [1.165, 1.54) is 6.07 Å². The molecule has 0 saturated heterocycles. The Kier molecular flexibility index (Phi) is 6.53. The van der Waals surface area contributed by atoms with Gasteiger partial charge in [0.05, 0.1) is 16.9 Å². The molecular weight excluding hydrogens is 448 g/mol. The predicted molar refractivity (Wildman–Crippen MR) is 136 cm³/mol. The molecule has 0 amide bonds. The first-order valence-electron chi connectivity index (χ1n) is 12.6. The molecule has 3 aromatic rings. The molecule has 1 aromatic heterocycles. The number of halogens is 2. The molecule has 186 valence electrons. The molecule has 2 heterocycles. The van der Waals surface area contributed by atoms with E-state index in [1.54, 1.807) is 18.2 Å². The second kappa shape index (κ2) is 9.61. The molecule has 2 N–H and O–H groups in total. The zero-order valence-corrected chi connectivity index (χ0v) is 20.4. The highest BCUT2D eigenvalue weighted by Crippen LogP contribution is 2.48. The first kappa shape index (κ1) is 23.8. The summed E-state index contributed by atoms with van der Waals surface area (Å²) < 4.78 is 32.8. The van der Waals surface area contributed by atoms with Crippen molar-refractivity contribution in [3.05, 3.63) is 53.3 Å². The van der Waals surface area contributed by atoms with Crippen molar-refractivity contribution in [3.8, 4) is 11.3 Å². The molecule has 1 saturated carbocycles. The number of hydrogen-bond donors (Lipinski definition) is 2. The zero-order chi connectivity index (χ0) is 24.7. The van der Waals surface area contributed by atoms with Crippen molar-refractivity contribution in [1.82, 2.24) is 9.47 Å². The molecule has 35 heavy (non-hydrogen) atoms. The SMILES string of the molecule is CN(C)CCC1CCn2c(c(C3CCCC[C@@H]3F)c3ccc(C(=O)O)cc32)-c2cccc(F)c2N1. The molecule has 2 unspecified atom stereocenters. The lowest BCUT2D eigenvalue weighted by Crippen LogP contribution is -2.29. The van der Waals surface area contributed by atoms with Crippen LogP contribution in [0, 0.1) is 5.82 Å². The lowest BCUT2D eigenvalue weighted by Gasteiger charge is -2.30. The first-order valence-corrected chi connectivity index (χ1v) is 12.6. The fraction of sp³-hybridized carbons (Fsp3) is 0.464. The van der Waals surface area contributed by atoms with Crippen molar-refractivity contribution in [2.45, 2.75) is 63.2 Å². The van der Waals surface area contributed by atoms with Crippen molar-refractivity contribution in [3.63, 3.8) is 0 Å². The van der Waals surface area contributed by atoms with Gasteiger partial charge in [-0.15, -0.1) is 0 Å². The molecule has 1 aliphatic carbocycles. The summed E-state index contributed by atoms with van der Waals surface area (Å²) in [6, 6.07) is 10.2. The van der Waals surface area contributed by atoms with Crippen LogP contribution in [-0.4, -0.2) is 53.4 Å². The molecule has 0 radical (unpaired) electrons. The molecule has 2 aliphatic rings. The highest BCUT2D eigenvalue weighted by atomic mass is 19.1. The van der Waals surface area contributed by atoms with Crippen LogP contribution in [0.2, 0.25) is 0 Å². The topological polar surface area (TPSA) is 57.5 Å². The van der Waals surface area contributed by atoms with Gasteiger partial charge in [-0.25, -0.2) is 13.6 Å². The van der Waals surface area contributed by atoms with E-state index in [9.17, 15) is 9.90 Å². The van der Waals surface area contributed by atoms with Crippen LogP contribution in [0.25, 0.3) is 22.2 Å². The number of alkyl halides is 1. The van der Waals surface area contributed by atoms with Gasteiger partial charge in [-0.2, -0.15) is 0 Å². The maximum absolute atomic E-state index is 15.4. The molecule has 5 rings (SSSR count). The number of carbonyl (C=O) groups is 1. The molecule has 1 fully saturated rings. The quantitative estimate of drug-likeness (QED) is 0.451. The van der Waals surface area contributed by atoms with Crippen LogP contribution in [0.3, 0.4) is 0 Å². The van der Waals surface area contributed by atoms with Gasteiger partial charge in [-0.05, 0) is 70.1 Å². The average molecular weight is 482 g/mol. The summed E-state index contributed by atoms with van der Waals surface area (Å²) in [5.41, 5.74) is 3.88. The van der Waals surface area contributed by atoms with Crippen LogP contribution < -0.4 is 5.32 Å². The number of benzene rings is 2. The second-order valence-corrected chi connectivity index (χ2v) is 10.2. The van der Waals surface area contributed by atoms with Crippen LogP contribution in [0.15, 0.2) is 36.4 Å². The highest BCUT2D eigenvalue weighted by molar-refractivity contribution is 5.99. The molecule has 1 aliphatic heterocycles. The number of aryl methyl sites for hydroxylation is 1. The van der Waals surface area contributed by atoms with Gasteiger partial charge in [0.2, 0.25) is 0 Å². The summed E-state index contributed by atoms with van der Waals surface area (Å²) in [7, 11) is 4.04. The molecular formula is C28H33F2N3O2. The van der Waals surface area contributed by atoms with Crippen molar-refractivity contribution < 1.29 is 18.7 Å². The number of fused-ring (bicyclic) bond motifs is 5. The summed E-state index contributed by atoms with van der Waals surface area (Å²) in [6.07, 6.45) is 3.70. The first-order chi connectivity index (χ1) is 16.8. The highest BCUT2D eigenvalue weighted by Gasteiger charge is 2.34. The summed E-state index contributed by atoms with van der Waals surface area (Å²) in [5, 5.41) is 14.0. The number of aromatic nitrogens is 1. The van der Waals surface area contributed by atoms with Crippen LogP contribution in [0.1, 0.15) is 60.4 Å². The number of carboxylic acid groups (broad SMARTS) is 1. The fourth-order valence-corrected chi connectivity index (χ4v) is 5.88. The Labute approximate surface area is 204 Å². The normalized spacial score (nSPS) is 22.3. The lowest BCUT2D eigenvalue weighted by molar-refractivity contribution is 0.0697. The van der Waals surface area contributed by atoms with E-state index >= 15 is 8.78 Å². The van der Waals surface area contributed by atoms with E-state index in [0.29, 0.717) is 18.7 Å². The van der Waals surface area contributed by atoms with Crippen LogP contribution in [0.5, 0.6) is 0 Å². The number of aromatic carboxylic acids is 1. The van der Waals surface area contributed by atoms with Gasteiger partial charge in [0.1, 0.15) is 12.0 Å². The minimum Gasteiger partial charge on any atom is -0.478 e. The zero-order valence-electron chi connectivity index (χ0n) is 20.4. The smallest absolute Gasteiger partial charge is 0.335 e. The summed E-state index contributed by atoms with van der Waals surface area (Å²) in [4.78, 5) is 13.9. The number of nitrogens with zero attached hydrogens (tertiary/aromatic N) is 2. The Balaban J connectivity index is 1.76. The number of anilines is 1. The third kappa shape index (κ3) is 4.42. The minimum atomic E-state index is -0.993. The molecule has 0 bridgehead atoms. The number of rotatable bonds is 5. The Hall–Kier alpha value is -2.93. The van der Waals surface area contributed by atoms with E-state index in [0.717, 1.165) is 66.4 Å². The van der Waals surface area contributed by atoms with E-state index in [2.05, 4.69) is 14.8 Å². The van der Waals surface area contributed by atoms with Crippen LogP contribution >= 0.6 is 0 Å². The predicted octanol–water partition coefficient (Wildman–Crippen LogP) is 6.28. The lowest BCUT2D eigenvalue weighted by atomic mass is 9.80. The van der Waals surface area contributed by atoms with Crippen molar-refractivity contribution in [1.29, 1.82) is 0 Å². The van der Waals surface area contributed by atoms with E-state index in [1.807, 2.05) is 26.2 Å². The third-order valence-corrected chi connectivity index (χ3v) is 7.65. The molecule has 5 nitrogen and oxygen atoms in total. The number of nitrogens with one attached hydrogen (secondary N) is 1. The van der Waals surface area contributed by atoms with Crippen molar-refractivity contribution in [2.24, 2.45) is 0 Å². The largest absolute Gasteiger partial charge is 0.478 e. The van der Waals surface area contributed by atoms with Gasteiger partial charge >= 0.3 is 5.97 Å². The number of para-hydroxylation sites is 1. The summed E-state index contributed by atoms with van der Waals surface area (Å²) in [5.74, 6) is -1.61. The van der Waals surface area contributed by atoms with Gasteiger partial charge in [0, 0.05) is 35.0 Å². The Morgan fingerprint density at radius 2 is 1.97 bits per heavy atom. The average Bonchev–Trinajstić information content (AvgIpc) is 3.13. The number of carboxylic acids is 1. The van der Waals surface area contributed by atoms with E-state index < -0.39 is 12.1 Å². The minimum absolute atomic E-state index is 0.0494. The van der Waals surface area contributed by atoms with Gasteiger partial charge in [-0.3, -0.25) is 0 Å².